The molecule has 34 heavy (non-hydrogen) atoms. The summed E-state index contributed by atoms with van der Waals surface area (Å²) in [7, 11) is 0. The molecule has 3 heterocycles. The summed E-state index contributed by atoms with van der Waals surface area (Å²) in [6.07, 6.45) is 0.845. The van der Waals surface area contributed by atoms with Crippen LogP contribution in [0.2, 0.25) is 5.02 Å². The van der Waals surface area contributed by atoms with E-state index in [1.54, 1.807) is 48.2 Å². The van der Waals surface area contributed by atoms with E-state index in [9.17, 15) is 19.5 Å². The molecule has 1 saturated heterocycles. The highest BCUT2D eigenvalue weighted by Gasteiger charge is 2.69. The number of carbonyl (C=O) groups is 2. The number of H-pyrrole nitrogens is 1. The van der Waals surface area contributed by atoms with Crippen molar-refractivity contribution < 1.29 is 14.7 Å². The minimum Gasteiger partial charge on any atom is -0.508 e. The molecule has 0 spiro atoms. The highest BCUT2D eigenvalue weighted by Crippen LogP contribution is 2.68. The van der Waals surface area contributed by atoms with Gasteiger partial charge < -0.3 is 10.1 Å². The molecular weight excluding hydrogens is 492 g/mol. The van der Waals surface area contributed by atoms with Gasteiger partial charge in [-0.3, -0.25) is 19.3 Å². The van der Waals surface area contributed by atoms with Crippen molar-refractivity contribution in [2.24, 2.45) is 29.6 Å². The second-order valence-corrected chi connectivity index (χ2v) is 12.2. The van der Waals surface area contributed by atoms with Crippen LogP contribution in [0.5, 0.6) is 5.75 Å². The van der Waals surface area contributed by atoms with E-state index in [4.69, 9.17) is 11.6 Å². The van der Waals surface area contributed by atoms with E-state index in [2.05, 4.69) is 4.98 Å². The highest BCUT2D eigenvalue weighted by atomic mass is 35.5. The van der Waals surface area contributed by atoms with Crippen LogP contribution in [0.25, 0.3) is 0 Å². The number of hydrogen-bond donors (Lipinski definition) is 2. The molecule has 2 saturated carbocycles. The summed E-state index contributed by atoms with van der Waals surface area (Å²) in [6, 6.07) is 14.0. The predicted molar refractivity (Wildman–Crippen MR) is 131 cm³/mol. The van der Waals surface area contributed by atoms with Gasteiger partial charge in [0.15, 0.2) is 0 Å². The van der Waals surface area contributed by atoms with Crippen molar-refractivity contribution in [3.63, 3.8) is 0 Å². The number of benzene rings is 2. The Labute approximate surface area is 207 Å². The summed E-state index contributed by atoms with van der Waals surface area (Å²) >= 11 is 8.92. The molecule has 2 aliphatic carbocycles. The van der Waals surface area contributed by atoms with Gasteiger partial charge in [0.25, 0.3) is 0 Å². The van der Waals surface area contributed by atoms with E-state index >= 15 is 0 Å². The lowest BCUT2D eigenvalue weighted by Gasteiger charge is -2.43. The Kier molecular flexibility index (Phi) is 4.42. The maximum Gasteiger partial charge on any atom is 0.305 e. The van der Waals surface area contributed by atoms with Crippen molar-refractivity contribution >= 4 is 52.2 Å². The molecule has 2 amide bonds. The summed E-state index contributed by atoms with van der Waals surface area (Å²) in [5, 5.41) is 11.4. The number of aromatic hydroxyl groups is 1. The van der Waals surface area contributed by atoms with Crippen molar-refractivity contribution in [3.05, 3.63) is 73.7 Å². The lowest BCUT2D eigenvalue weighted by molar-refractivity contribution is -0.123. The van der Waals surface area contributed by atoms with Gasteiger partial charge in [-0.15, -0.1) is 11.8 Å². The predicted octanol–water partition coefficient (Wildman–Crippen LogP) is 4.47. The average Bonchev–Trinajstić information content (AvgIpc) is 3.54. The fraction of sp³-hybridized carbons (Fsp3) is 0.320. The minimum absolute atomic E-state index is 0.0470. The van der Waals surface area contributed by atoms with Crippen molar-refractivity contribution in [2.75, 3.05) is 4.90 Å². The second-order valence-electron chi connectivity index (χ2n) is 9.54. The van der Waals surface area contributed by atoms with Gasteiger partial charge in [0, 0.05) is 21.1 Å². The van der Waals surface area contributed by atoms with Crippen LogP contribution in [0.15, 0.2) is 58.4 Å². The molecule has 2 aliphatic heterocycles. The third-order valence-electron chi connectivity index (χ3n) is 8.06. The molecule has 0 unspecified atom stereocenters. The van der Waals surface area contributed by atoms with Crippen molar-refractivity contribution in [3.8, 4) is 5.75 Å². The Morgan fingerprint density at radius 2 is 1.62 bits per heavy atom. The number of nitrogens with one attached hydrogen (secondary N) is 1. The first kappa shape index (κ1) is 20.8. The summed E-state index contributed by atoms with van der Waals surface area (Å²) in [5.74, 6) is -0.478. The molecule has 3 fully saturated rings. The fourth-order valence-electron chi connectivity index (χ4n) is 6.92. The number of phenols is 1. The van der Waals surface area contributed by atoms with Crippen LogP contribution in [0, 0.1) is 29.6 Å². The highest BCUT2D eigenvalue weighted by molar-refractivity contribution is 8.00. The first-order valence-electron chi connectivity index (χ1n) is 11.2. The minimum atomic E-state index is -0.341. The lowest BCUT2D eigenvalue weighted by atomic mass is 9.68. The number of halogens is 1. The molecule has 1 aromatic heterocycles. The van der Waals surface area contributed by atoms with Crippen molar-refractivity contribution in [1.82, 2.24) is 4.98 Å². The summed E-state index contributed by atoms with van der Waals surface area (Å²) in [6.45, 7) is 0. The van der Waals surface area contributed by atoms with Crippen LogP contribution in [-0.4, -0.2) is 27.2 Å². The monoisotopic (exact) mass is 510 g/mol. The molecule has 3 aromatic rings. The molecule has 4 aliphatic rings. The molecule has 172 valence electrons. The number of imide groups is 1. The number of phenolic OH excluding ortho intramolecular Hbond substituents is 1. The van der Waals surface area contributed by atoms with Gasteiger partial charge in [-0.05, 0) is 66.1 Å². The van der Waals surface area contributed by atoms with E-state index in [0.29, 0.717) is 10.7 Å². The van der Waals surface area contributed by atoms with Crippen molar-refractivity contribution in [2.45, 2.75) is 22.6 Å². The first-order chi connectivity index (χ1) is 16.4. The number of hydrogen-bond acceptors (Lipinski definition) is 6. The number of fused-ring (bicyclic) bond motifs is 9. The molecule has 2 aromatic carbocycles. The Morgan fingerprint density at radius 1 is 0.941 bits per heavy atom. The zero-order chi connectivity index (χ0) is 23.3. The molecular formula is C25H19ClN2O4S2. The third-order valence-corrected chi connectivity index (χ3v) is 10.9. The molecule has 6 nitrogen and oxygen atoms in total. The van der Waals surface area contributed by atoms with Gasteiger partial charge in [0.2, 0.25) is 11.8 Å². The molecule has 0 radical (unpaired) electrons. The van der Waals surface area contributed by atoms with Gasteiger partial charge in [-0.1, -0.05) is 35.1 Å². The second kappa shape index (κ2) is 7.23. The van der Waals surface area contributed by atoms with Crippen LogP contribution in [0.3, 0.4) is 0 Å². The zero-order valence-corrected chi connectivity index (χ0v) is 20.1. The topological polar surface area (TPSA) is 90.5 Å². The number of thiazole rings is 1. The standard InChI is InChI=1S/C25H19ClN2O4S2/c26-11-3-5-12(6-4-11)28-23(30)18-14-9-15(19(18)24(28)31)20-17(14)16(10-1-7-13(29)8-2-10)21-22(33-20)27-25(32)34-21/h1-8,14-20,29H,9H2,(H,27,32)/t14-,15-,16+,17-,18+,19-,20+/m1/s1. The van der Waals surface area contributed by atoms with E-state index < -0.39 is 0 Å². The fourth-order valence-corrected chi connectivity index (χ4v) is 9.93. The molecule has 7 atom stereocenters. The van der Waals surface area contributed by atoms with Crippen molar-refractivity contribution in [1.29, 1.82) is 0 Å². The Balaban J connectivity index is 1.32. The largest absolute Gasteiger partial charge is 0.508 e. The molecule has 2 N–H and O–H groups in total. The van der Waals surface area contributed by atoms with Crippen LogP contribution < -0.4 is 9.77 Å². The molecule has 7 rings (SSSR count). The molecule has 2 bridgehead atoms. The van der Waals surface area contributed by atoms with E-state index in [1.807, 2.05) is 12.1 Å². The molecule has 9 heteroatoms. The van der Waals surface area contributed by atoms with Crippen LogP contribution in [-0.2, 0) is 9.59 Å². The van der Waals surface area contributed by atoms with Gasteiger partial charge in [-0.2, -0.15) is 0 Å². The number of anilines is 1. The normalized spacial score (nSPS) is 33.2. The Bertz CT molecular complexity index is 1400. The van der Waals surface area contributed by atoms with Gasteiger partial charge in [-0.25, -0.2) is 0 Å². The SMILES string of the molecule is O=C1[C@@H]2[C@H]3C[C@@H]([C@@H]2C(=O)N1c1ccc(Cl)cc1)[C@@H]1[C@H](c2ccc(O)cc2)c2sc(=O)[nH]c2S[C@@H]31. The average molecular weight is 511 g/mol. The van der Waals surface area contributed by atoms with Gasteiger partial charge >= 0.3 is 4.87 Å². The van der Waals surface area contributed by atoms with Gasteiger partial charge in [0.1, 0.15) is 5.75 Å². The maximum absolute atomic E-state index is 13.7. The number of rotatable bonds is 2. The number of nitrogens with zero attached hydrogens (tertiary/aromatic N) is 1. The Hall–Kier alpha value is -2.55. The lowest BCUT2D eigenvalue weighted by Crippen LogP contribution is -2.42. The quantitative estimate of drug-likeness (QED) is 0.496. The summed E-state index contributed by atoms with van der Waals surface area (Å²) < 4.78 is 0. The smallest absolute Gasteiger partial charge is 0.305 e. The summed E-state index contributed by atoms with van der Waals surface area (Å²) in [5.41, 5.74) is 1.60. The Morgan fingerprint density at radius 3 is 2.32 bits per heavy atom. The number of amides is 2. The van der Waals surface area contributed by atoms with Crippen LogP contribution >= 0.6 is 34.7 Å². The maximum atomic E-state index is 13.7. The van der Waals surface area contributed by atoms with Crippen LogP contribution in [0.1, 0.15) is 22.8 Å². The van der Waals surface area contributed by atoms with E-state index in [-0.39, 0.29) is 63.2 Å². The number of aromatic nitrogens is 1. The first-order valence-corrected chi connectivity index (χ1v) is 13.3. The van der Waals surface area contributed by atoms with E-state index in [1.165, 1.54) is 16.2 Å². The number of thioether (sulfide) groups is 1. The van der Waals surface area contributed by atoms with Crippen LogP contribution in [0.4, 0.5) is 5.69 Å². The van der Waals surface area contributed by atoms with Gasteiger partial charge in [0.05, 0.1) is 22.5 Å². The zero-order valence-electron chi connectivity index (χ0n) is 17.7. The summed E-state index contributed by atoms with van der Waals surface area (Å²) in [4.78, 5) is 44.8. The number of carbonyl (C=O) groups excluding carboxylic acids is 2. The third kappa shape index (κ3) is 2.73. The van der Waals surface area contributed by atoms with E-state index in [0.717, 1.165) is 21.9 Å². The number of aromatic amines is 1.